The molecule has 0 aliphatic rings. The van der Waals surface area contributed by atoms with Crippen molar-refractivity contribution in [3.05, 3.63) is 65.2 Å². The molecule has 0 aromatic heterocycles. The van der Waals surface area contributed by atoms with Gasteiger partial charge in [0.2, 0.25) is 0 Å². The van der Waals surface area contributed by atoms with E-state index in [2.05, 4.69) is 25.1 Å². The first-order chi connectivity index (χ1) is 9.41. The van der Waals surface area contributed by atoms with Crippen LogP contribution in [0.5, 0.6) is 5.75 Å². The molecular formula is C18H23NO. The van der Waals surface area contributed by atoms with Crippen molar-refractivity contribution in [1.29, 1.82) is 0 Å². The fourth-order valence-corrected chi connectivity index (χ4v) is 2.38. The fraction of sp³-hybridized carbons (Fsp3) is 0.333. The van der Waals surface area contributed by atoms with Gasteiger partial charge in [0, 0.05) is 5.56 Å². The van der Waals surface area contributed by atoms with Crippen LogP contribution >= 0.6 is 0 Å². The van der Waals surface area contributed by atoms with Gasteiger partial charge in [-0.1, -0.05) is 48.0 Å². The van der Waals surface area contributed by atoms with E-state index in [-0.39, 0.29) is 6.10 Å². The maximum atomic E-state index is 6.62. The van der Waals surface area contributed by atoms with Crippen LogP contribution < -0.4 is 10.5 Å². The van der Waals surface area contributed by atoms with E-state index in [0.717, 1.165) is 16.9 Å². The quantitative estimate of drug-likeness (QED) is 0.910. The predicted octanol–water partition coefficient (Wildman–Crippen LogP) is 4.00. The second kappa shape index (κ2) is 5.68. The molecule has 0 radical (unpaired) electrons. The third-order valence-corrected chi connectivity index (χ3v) is 3.43. The normalized spacial score (nSPS) is 14.1. The average Bonchev–Trinajstić information content (AvgIpc) is 2.38. The summed E-state index contributed by atoms with van der Waals surface area (Å²) in [6.45, 7) is 8.16. The van der Waals surface area contributed by atoms with Gasteiger partial charge in [-0.15, -0.1) is 0 Å². The smallest absolute Gasteiger partial charge is 0.125 e. The van der Waals surface area contributed by atoms with Gasteiger partial charge in [0.25, 0.3) is 0 Å². The van der Waals surface area contributed by atoms with Crippen LogP contribution in [0.15, 0.2) is 48.5 Å². The van der Waals surface area contributed by atoms with Gasteiger partial charge in [0.05, 0.1) is 11.6 Å². The highest BCUT2D eigenvalue weighted by Gasteiger charge is 2.27. The third-order valence-electron chi connectivity index (χ3n) is 3.43. The van der Waals surface area contributed by atoms with Crippen molar-refractivity contribution < 1.29 is 4.74 Å². The lowest BCUT2D eigenvalue weighted by molar-refractivity contribution is 0.237. The van der Waals surface area contributed by atoms with E-state index in [1.807, 2.05) is 51.1 Å². The van der Waals surface area contributed by atoms with Crippen molar-refractivity contribution >= 4 is 0 Å². The van der Waals surface area contributed by atoms with E-state index in [1.54, 1.807) is 0 Å². The summed E-state index contributed by atoms with van der Waals surface area (Å²) in [7, 11) is 0. The van der Waals surface area contributed by atoms with Gasteiger partial charge in [-0.25, -0.2) is 0 Å². The number of ether oxygens (including phenoxy) is 1. The van der Waals surface area contributed by atoms with Crippen LogP contribution in [0.25, 0.3) is 0 Å². The molecule has 0 aliphatic heterocycles. The number of hydrogen-bond acceptors (Lipinski definition) is 2. The Morgan fingerprint density at radius 2 is 1.75 bits per heavy atom. The van der Waals surface area contributed by atoms with Crippen molar-refractivity contribution in [2.75, 3.05) is 0 Å². The van der Waals surface area contributed by atoms with Crippen molar-refractivity contribution in [1.82, 2.24) is 0 Å². The summed E-state index contributed by atoms with van der Waals surface area (Å²) in [5.74, 6) is 0.856. The Hall–Kier alpha value is -1.80. The molecule has 2 heteroatoms. The zero-order valence-corrected chi connectivity index (χ0v) is 12.7. The molecule has 0 spiro atoms. The van der Waals surface area contributed by atoms with Crippen LogP contribution in [0.2, 0.25) is 0 Å². The minimum absolute atomic E-state index is 0.129. The van der Waals surface area contributed by atoms with E-state index in [1.165, 1.54) is 5.56 Å². The summed E-state index contributed by atoms with van der Waals surface area (Å²) in [6, 6.07) is 16.3. The molecular weight excluding hydrogens is 246 g/mol. The second-order valence-electron chi connectivity index (χ2n) is 5.73. The molecule has 2 aromatic carbocycles. The standard InChI is InChI=1S/C18H23NO/c1-13(2)20-17-11-6-5-10-16(17)18(4,19)15-9-7-8-14(3)12-15/h5-13H,19H2,1-4H3. The predicted molar refractivity (Wildman–Crippen MR) is 84.0 cm³/mol. The third kappa shape index (κ3) is 3.02. The van der Waals surface area contributed by atoms with Gasteiger partial charge in [-0.3, -0.25) is 0 Å². The molecule has 0 aliphatic carbocycles. The van der Waals surface area contributed by atoms with E-state index in [9.17, 15) is 0 Å². The van der Waals surface area contributed by atoms with Gasteiger partial charge in [0.1, 0.15) is 5.75 Å². The molecule has 0 heterocycles. The molecule has 2 rings (SSSR count). The van der Waals surface area contributed by atoms with Crippen molar-refractivity contribution in [3.8, 4) is 5.75 Å². The highest BCUT2D eigenvalue weighted by molar-refractivity contribution is 5.46. The summed E-state index contributed by atoms with van der Waals surface area (Å²) in [6.07, 6.45) is 0.129. The Bertz CT molecular complexity index is 587. The summed E-state index contributed by atoms with van der Waals surface area (Å²) in [5.41, 5.74) is 9.37. The summed E-state index contributed by atoms with van der Waals surface area (Å²) < 4.78 is 5.90. The van der Waals surface area contributed by atoms with Gasteiger partial charge in [-0.05, 0) is 39.3 Å². The summed E-state index contributed by atoms with van der Waals surface area (Å²) in [5, 5.41) is 0. The Balaban J connectivity index is 2.48. The number of rotatable bonds is 4. The molecule has 1 unspecified atom stereocenters. The van der Waals surface area contributed by atoms with Crippen LogP contribution in [0, 0.1) is 6.92 Å². The van der Waals surface area contributed by atoms with Crippen molar-refractivity contribution in [3.63, 3.8) is 0 Å². The molecule has 106 valence electrons. The van der Waals surface area contributed by atoms with Crippen molar-refractivity contribution in [2.24, 2.45) is 5.73 Å². The maximum Gasteiger partial charge on any atom is 0.125 e. The lowest BCUT2D eigenvalue weighted by atomic mass is 9.84. The van der Waals surface area contributed by atoms with E-state index in [4.69, 9.17) is 10.5 Å². The first kappa shape index (κ1) is 14.6. The summed E-state index contributed by atoms with van der Waals surface area (Å²) in [4.78, 5) is 0. The number of hydrogen-bond donors (Lipinski definition) is 1. The van der Waals surface area contributed by atoms with Gasteiger partial charge in [0.15, 0.2) is 0 Å². The van der Waals surface area contributed by atoms with Crippen LogP contribution in [0.1, 0.15) is 37.5 Å². The molecule has 2 N–H and O–H groups in total. The highest BCUT2D eigenvalue weighted by Crippen LogP contribution is 2.34. The lowest BCUT2D eigenvalue weighted by Crippen LogP contribution is -2.35. The number of para-hydroxylation sites is 1. The molecule has 20 heavy (non-hydrogen) atoms. The minimum Gasteiger partial charge on any atom is -0.491 e. The molecule has 2 aromatic rings. The Morgan fingerprint density at radius 1 is 1.05 bits per heavy atom. The van der Waals surface area contributed by atoms with Crippen LogP contribution in [-0.4, -0.2) is 6.10 Å². The first-order valence-electron chi connectivity index (χ1n) is 7.03. The molecule has 0 saturated carbocycles. The summed E-state index contributed by atoms with van der Waals surface area (Å²) >= 11 is 0. The molecule has 0 fully saturated rings. The molecule has 0 bridgehead atoms. The minimum atomic E-state index is -0.572. The topological polar surface area (TPSA) is 35.2 Å². The molecule has 2 nitrogen and oxygen atoms in total. The van der Waals surface area contributed by atoms with Gasteiger partial charge in [-0.2, -0.15) is 0 Å². The highest BCUT2D eigenvalue weighted by atomic mass is 16.5. The second-order valence-corrected chi connectivity index (χ2v) is 5.73. The first-order valence-corrected chi connectivity index (χ1v) is 7.03. The lowest BCUT2D eigenvalue weighted by Gasteiger charge is -2.29. The van der Waals surface area contributed by atoms with Crippen LogP contribution in [0.3, 0.4) is 0 Å². The van der Waals surface area contributed by atoms with E-state index in [0.29, 0.717) is 0 Å². The van der Waals surface area contributed by atoms with E-state index >= 15 is 0 Å². The Morgan fingerprint density at radius 3 is 2.40 bits per heavy atom. The molecule has 0 saturated heterocycles. The van der Waals surface area contributed by atoms with Crippen molar-refractivity contribution in [2.45, 2.75) is 39.3 Å². The van der Waals surface area contributed by atoms with E-state index < -0.39 is 5.54 Å². The van der Waals surface area contributed by atoms with Gasteiger partial charge < -0.3 is 10.5 Å². The number of nitrogens with two attached hydrogens (primary N) is 1. The molecule has 0 amide bonds. The Labute approximate surface area is 121 Å². The average molecular weight is 269 g/mol. The monoisotopic (exact) mass is 269 g/mol. The zero-order valence-electron chi connectivity index (χ0n) is 12.7. The fourth-order valence-electron chi connectivity index (χ4n) is 2.38. The molecule has 1 atom stereocenters. The van der Waals surface area contributed by atoms with Crippen LogP contribution in [0.4, 0.5) is 0 Å². The maximum absolute atomic E-state index is 6.62. The van der Waals surface area contributed by atoms with Gasteiger partial charge >= 0.3 is 0 Å². The number of aryl methyl sites for hydroxylation is 1. The Kier molecular flexibility index (Phi) is 4.15. The van der Waals surface area contributed by atoms with Crippen LogP contribution in [-0.2, 0) is 5.54 Å². The number of benzene rings is 2. The largest absolute Gasteiger partial charge is 0.491 e. The zero-order chi connectivity index (χ0) is 14.8. The SMILES string of the molecule is Cc1cccc(C(C)(N)c2ccccc2OC(C)C)c1.